The SMILES string of the molecule is CCCN(CC(=O)OCC)S(=O)(=O)c1cc(F)cc(F)c1. The third-order valence-corrected chi connectivity index (χ3v) is 4.38. The monoisotopic (exact) mass is 321 g/mol. The second-order valence-corrected chi connectivity index (χ2v) is 6.19. The molecule has 118 valence electrons. The van der Waals surface area contributed by atoms with Crippen LogP contribution in [-0.4, -0.2) is 38.4 Å². The standard InChI is InChI=1S/C13H17F2NO4S/c1-3-5-16(9-13(17)20-4-2)21(18,19)12-7-10(14)6-11(15)8-12/h6-8H,3-5,9H2,1-2H3. The second-order valence-electron chi connectivity index (χ2n) is 4.25. The number of nitrogens with zero attached hydrogens (tertiary/aromatic N) is 1. The zero-order valence-corrected chi connectivity index (χ0v) is 12.6. The molecule has 0 saturated heterocycles. The third-order valence-electron chi connectivity index (χ3n) is 2.56. The fourth-order valence-electron chi connectivity index (χ4n) is 1.71. The molecule has 0 saturated carbocycles. The number of sulfonamides is 1. The summed E-state index contributed by atoms with van der Waals surface area (Å²) in [6, 6.07) is 2.01. The summed E-state index contributed by atoms with van der Waals surface area (Å²) in [7, 11) is -4.17. The van der Waals surface area contributed by atoms with Crippen LogP contribution >= 0.6 is 0 Å². The zero-order valence-electron chi connectivity index (χ0n) is 11.8. The van der Waals surface area contributed by atoms with Crippen molar-refractivity contribution >= 4 is 16.0 Å². The first-order chi connectivity index (χ1) is 9.81. The van der Waals surface area contributed by atoms with E-state index in [4.69, 9.17) is 4.74 Å². The highest BCUT2D eigenvalue weighted by atomic mass is 32.2. The predicted molar refractivity (Wildman–Crippen MR) is 72.0 cm³/mol. The van der Waals surface area contributed by atoms with Gasteiger partial charge in [0.25, 0.3) is 0 Å². The van der Waals surface area contributed by atoms with Crippen molar-refractivity contribution in [3.63, 3.8) is 0 Å². The van der Waals surface area contributed by atoms with Crippen molar-refractivity contribution in [3.8, 4) is 0 Å². The van der Waals surface area contributed by atoms with Gasteiger partial charge in [0, 0.05) is 12.6 Å². The van der Waals surface area contributed by atoms with Crippen molar-refractivity contribution in [3.05, 3.63) is 29.8 Å². The number of rotatable bonds is 7. The molecule has 0 aromatic heterocycles. The number of ether oxygens (including phenoxy) is 1. The van der Waals surface area contributed by atoms with Gasteiger partial charge in [-0.25, -0.2) is 17.2 Å². The van der Waals surface area contributed by atoms with E-state index in [0.717, 1.165) is 4.31 Å². The molecule has 0 radical (unpaired) electrons. The predicted octanol–water partition coefficient (Wildman–Crippen LogP) is 1.93. The Labute approximate surface area is 122 Å². The average molecular weight is 321 g/mol. The normalized spacial score (nSPS) is 11.7. The van der Waals surface area contributed by atoms with E-state index in [0.29, 0.717) is 24.6 Å². The molecular weight excluding hydrogens is 304 g/mol. The van der Waals surface area contributed by atoms with Crippen LogP contribution in [0.1, 0.15) is 20.3 Å². The molecule has 0 bridgehead atoms. The first-order valence-corrected chi connectivity index (χ1v) is 7.87. The van der Waals surface area contributed by atoms with Crippen LogP contribution < -0.4 is 0 Å². The fourth-order valence-corrected chi connectivity index (χ4v) is 3.23. The van der Waals surface area contributed by atoms with Gasteiger partial charge in [0.2, 0.25) is 10.0 Å². The largest absolute Gasteiger partial charge is 0.465 e. The smallest absolute Gasteiger partial charge is 0.321 e. The summed E-state index contributed by atoms with van der Waals surface area (Å²) in [5.41, 5.74) is 0. The fraction of sp³-hybridized carbons (Fsp3) is 0.462. The molecule has 0 heterocycles. The highest BCUT2D eigenvalue weighted by molar-refractivity contribution is 7.89. The van der Waals surface area contributed by atoms with Crippen molar-refractivity contribution < 1.29 is 26.7 Å². The summed E-state index contributed by atoms with van der Waals surface area (Å²) in [6.07, 6.45) is 0.441. The zero-order chi connectivity index (χ0) is 16.0. The van der Waals surface area contributed by atoms with Crippen LogP contribution in [0.5, 0.6) is 0 Å². The Morgan fingerprint density at radius 1 is 1.19 bits per heavy atom. The molecular formula is C13H17F2NO4S. The van der Waals surface area contributed by atoms with E-state index in [2.05, 4.69) is 0 Å². The Bertz CT molecular complexity index is 584. The lowest BCUT2D eigenvalue weighted by Crippen LogP contribution is -2.37. The van der Waals surface area contributed by atoms with Gasteiger partial charge in [-0.15, -0.1) is 0 Å². The lowest BCUT2D eigenvalue weighted by Gasteiger charge is -2.20. The van der Waals surface area contributed by atoms with Gasteiger partial charge in [-0.05, 0) is 25.5 Å². The minimum Gasteiger partial charge on any atom is -0.465 e. The first-order valence-electron chi connectivity index (χ1n) is 6.43. The summed E-state index contributed by atoms with van der Waals surface area (Å²) < 4.78 is 56.6. The van der Waals surface area contributed by atoms with E-state index < -0.39 is 39.1 Å². The highest BCUT2D eigenvalue weighted by Crippen LogP contribution is 2.19. The molecule has 21 heavy (non-hydrogen) atoms. The second kappa shape index (κ2) is 7.46. The lowest BCUT2D eigenvalue weighted by atomic mass is 10.3. The van der Waals surface area contributed by atoms with E-state index in [1.165, 1.54) is 0 Å². The van der Waals surface area contributed by atoms with Gasteiger partial charge < -0.3 is 4.74 Å². The molecule has 0 amide bonds. The van der Waals surface area contributed by atoms with E-state index in [1.807, 2.05) is 0 Å². The van der Waals surface area contributed by atoms with Crippen LogP contribution in [0.4, 0.5) is 8.78 Å². The quantitative estimate of drug-likeness (QED) is 0.720. The topological polar surface area (TPSA) is 63.7 Å². The summed E-state index contributed by atoms with van der Waals surface area (Å²) in [5.74, 6) is -2.71. The van der Waals surface area contributed by atoms with Gasteiger partial charge in [0.05, 0.1) is 11.5 Å². The Kier molecular flexibility index (Phi) is 6.22. The molecule has 0 aliphatic heterocycles. The molecule has 1 aromatic rings. The minimum absolute atomic E-state index is 0.0410. The van der Waals surface area contributed by atoms with Crippen LogP contribution in [-0.2, 0) is 19.6 Å². The average Bonchev–Trinajstić information content (AvgIpc) is 2.37. The molecule has 0 unspecified atom stereocenters. The maximum atomic E-state index is 13.2. The first kappa shape index (κ1) is 17.5. The number of benzene rings is 1. The molecule has 8 heteroatoms. The molecule has 0 N–H and O–H groups in total. The maximum absolute atomic E-state index is 13.2. The number of esters is 1. The maximum Gasteiger partial charge on any atom is 0.321 e. The summed E-state index contributed by atoms with van der Waals surface area (Å²) >= 11 is 0. The number of hydrogen-bond donors (Lipinski definition) is 0. The van der Waals surface area contributed by atoms with Crippen molar-refractivity contribution in [2.75, 3.05) is 19.7 Å². The number of carbonyl (C=O) groups excluding carboxylic acids is 1. The highest BCUT2D eigenvalue weighted by Gasteiger charge is 2.27. The molecule has 0 spiro atoms. The lowest BCUT2D eigenvalue weighted by molar-refractivity contribution is -0.143. The van der Waals surface area contributed by atoms with Crippen LogP contribution in [0.25, 0.3) is 0 Å². The van der Waals surface area contributed by atoms with Crippen molar-refractivity contribution in [2.24, 2.45) is 0 Å². The molecule has 5 nitrogen and oxygen atoms in total. The van der Waals surface area contributed by atoms with Gasteiger partial charge in [0.15, 0.2) is 0 Å². The van der Waals surface area contributed by atoms with Crippen LogP contribution in [0, 0.1) is 11.6 Å². The molecule has 0 aliphatic rings. The minimum atomic E-state index is -4.17. The summed E-state index contributed by atoms with van der Waals surface area (Å²) in [5, 5.41) is 0. The Morgan fingerprint density at radius 2 is 1.76 bits per heavy atom. The number of hydrogen-bond acceptors (Lipinski definition) is 4. The molecule has 1 aromatic carbocycles. The van der Waals surface area contributed by atoms with Crippen molar-refractivity contribution in [1.29, 1.82) is 0 Å². The Morgan fingerprint density at radius 3 is 2.24 bits per heavy atom. The third kappa shape index (κ3) is 4.75. The number of carbonyl (C=O) groups is 1. The summed E-state index contributed by atoms with van der Waals surface area (Å²) in [4.78, 5) is 10.9. The van der Waals surface area contributed by atoms with Gasteiger partial charge >= 0.3 is 5.97 Å². The van der Waals surface area contributed by atoms with Crippen LogP contribution in [0.15, 0.2) is 23.1 Å². The van der Waals surface area contributed by atoms with Crippen LogP contribution in [0.2, 0.25) is 0 Å². The van der Waals surface area contributed by atoms with Gasteiger partial charge in [-0.2, -0.15) is 4.31 Å². The van der Waals surface area contributed by atoms with E-state index in [1.54, 1.807) is 13.8 Å². The van der Waals surface area contributed by atoms with E-state index in [-0.39, 0.29) is 13.2 Å². The Balaban J connectivity index is 3.12. The van der Waals surface area contributed by atoms with Gasteiger partial charge in [-0.3, -0.25) is 4.79 Å². The van der Waals surface area contributed by atoms with Crippen LogP contribution in [0.3, 0.4) is 0 Å². The summed E-state index contributed by atoms with van der Waals surface area (Å²) in [6.45, 7) is 2.98. The van der Waals surface area contributed by atoms with Crippen molar-refractivity contribution in [2.45, 2.75) is 25.2 Å². The number of halogens is 2. The van der Waals surface area contributed by atoms with Crippen molar-refractivity contribution in [1.82, 2.24) is 4.31 Å². The molecule has 1 rings (SSSR count). The molecule has 0 fully saturated rings. The van der Waals surface area contributed by atoms with Gasteiger partial charge in [-0.1, -0.05) is 6.92 Å². The molecule has 0 atom stereocenters. The molecule has 0 aliphatic carbocycles. The Hall–Kier alpha value is -1.54. The van der Waals surface area contributed by atoms with Gasteiger partial charge in [0.1, 0.15) is 18.2 Å². The van der Waals surface area contributed by atoms with E-state index >= 15 is 0 Å². The van der Waals surface area contributed by atoms with E-state index in [9.17, 15) is 22.0 Å².